The van der Waals surface area contributed by atoms with E-state index < -0.39 is 10.8 Å². The van der Waals surface area contributed by atoms with Crippen molar-refractivity contribution < 1.29 is 9.72 Å². The lowest BCUT2D eigenvalue weighted by atomic mass is 10.1. The smallest absolute Gasteiger partial charge is 0.273 e. The minimum atomic E-state index is -0.476. The molecule has 0 unspecified atom stereocenters. The second-order valence-electron chi connectivity index (χ2n) is 8.00. The van der Waals surface area contributed by atoms with Crippen LogP contribution in [0.4, 0.5) is 17.2 Å². The van der Waals surface area contributed by atoms with Crippen LogP contribution < -0.4 is 10.7 Å². The van der Waals surface area contributed by atoms with Gasteiger partial charge in [0.15, 0.2) is 5.82 Å². The molecule has 0 atom stereocenters. The fourth-order valence-corrected chi connectivity index (χ4v) is 3.71. The van der Waals surface area contributed by atoms with Crippen LogP contribution in [0.25, 0.3) is 22.3 Å². The summed E-state index contributed by atoms with van der Waals surface area (Å²) in [6.07, 6.45) is 1.42. The summed E-state index contributed by atoms with van der Waals surface area (Å²) in [5, 5.41) is 18.9. The Bertz CT molecular complexity index is 1620. The Morgan fingerprint density at radius 3 is 2.32 bits per heavy atom. The molecular formula is C28H20N6O3. The number of nitro benzene ring substituents is 1. The first kappa shape index (κ1) is 23.3. The normalized spacial score (nSPS) is 10.9. The van der Waals surface area contributed by atoms with Crippen molar-refractivity contribution in [1.82, 2.24) is 15.4 Å². The van der Waals surface area contributed by atoms with Crippen LogP contribution in [0.2, 0.25) is 0 Å². The van der Waals surface area contributed by atoms with Crippen LogP contribution in [0.1, 0.15) is 15.9 Å². The van der Waals surface area contributed by atoms with Crippen molar-refractivity contribution in [2.75, 3.05) is 5.32 Å². The lowest BCUT2D eigenvalue weighted by molar-refractivity contribution is -0.384. The van der Waals surface area contributed by atoms with Crippen LogP contribution in [0, 0.1) is 10.1 Å². The largest absolute Gasteiger partial charge is 0.339 e. The standard InChI is InChI=1S/C28H20N6O3/c35-28(33-29-18-19-14-16-21(17-15-19)34(36)37)23-11-5-7-13-25(23)31-27-22-10-4-6-12-24(22)30-26(32-27)20-8-2-1-3-9-20/h1-18H,(H,33,35)(H,30,31,32)/b29-18+. The summed E-state index contributed by atoms with van der Waals surface area (Å²) in [6.45, 7) is 0. The molecule has 0 saturated heterocycles. The van der Waals surface area contributed by atoms with Gasteiger partial charge in [-0.3, -0.25) is 14.9 Å². The summed E-state index contributed by atoms with van der Waals surface area (Å²) in [5.41, 5.74) is 5.67. The molecular weight excluding hydrogens is 468 g/mol. The molecule has 1 amide bonds. The van der Waals surface area contributed by atoms with E-state index in [9.17, 15) is 14.9 Å². The minimum Gasteiger partial charge on any atom is -0.339 e. The second-order valence-corrected chi connectivity index (χ2v) is 8.00. The molecule has 180 valence electrons. The van der Waals surface area contributed by atoms with Crippen LogP contribution in [-0.2, 0) is 0 Å². The number of hydrogen-bond donors (Lipinski definition) is 2. The van der Waals surface area contributed by atoms with E-state index in [1.165, 1.54) is 18.3 Å². The maximum Gasteiger partial charge on any atom is 0.273 e. The SMILES string of the molecule is O=C(N/N=C/c1ccc([N+](=O)[O-])cc1)c1ccccc1Nc1nc(-c2ccccc2)nc2ccccc12. The third-order valence-corrected chi connectivity index (χ3v) is 5.54. The highest BCUT2D eigenvalue weighted by Crippen LogP contribution is 2.28. The molecule has 5 aromatic rings. The molecule has 0 aliphatic rings. The van der Waals surface area contributed by atoms with Crippen LogP contribution in [0.5, 0.6) is 0 Å². The first-order valence-electron chi connectivity index (χ1n) is 11.3. The van der Waals surface area contributed by atoms with E-state index in [0.717, 1.165) is 16.5 Å². The molecule has 0 bridgehead atoms. The van der Waals surface area contributed by atoms with Gasteiger partial charge in [-0.1, -0.05) is 54.6 Å². The lowest BCUT2D eigenvalue weighted by Crippen LogP contribution is -2.19. The summed E-state index contributed by atoms with van der Waals surface area (Å²) in [5.74, 6) is 0.707. The fourth-order valence-electron chi connectivity index (χ4n) is 3.71. The first-order valence-corrected chi connectivity index (χ1v) is 11.3. The Labute approximate surface area is 211 Å². The molecule has 37 heavy (non-hydrogen) atoms. The Balaban J connectivity index is 1.41. The number of hydrazone groups is 1. The Morgan fingerprint density at radius 1 is 0.838 bits per heavy atom. The van der Waals surface area contributed by atoms with Gasteiger partial charge in [0.1, 0.15) is 5.82 Å². The summed E-state index contributed by atoms with van der Waals surface area (Å²) < 4.78 is 0. The quantitative estimate of drug-likeness (QED) is 0.172. The Kier molecular flexibility index (Phi) is 6.58. The minimum absolute atomic E-state index is 0.0196. The van der Waals surface area contributed by atoms with Gasteiger partial charge in [0, 0.05) is 23.1 Å². The van der Waals surface area contributed by atoms with E-state index in [1.54, 1.807) is 30.3 Å². The maximum atomic E-state index is 13.0. The van der Waals surface area contributed by atoms with Gasteiger partial charge in [-0.15, -0.1) is 0 Å². The summed E-state index contributed by atoms with van der Waals surface area (Å²) in [7, 11) is 0. The van der Waals surface area contributed by atoms with Crippen molar-refractivity contribution in [2.24, 2.45) is 5.10 Å². The third-order valence-electron chi connectivity index (χ3n) is 5.54. The number of carbonyl (C=O) groups excluding carboxylic acids is 1. The molecule has 9 heteroatoms. The average molecular weight is 489 g/mol. The highest BCUT2D eigenvalue weighted by atomic mass is 16.6. The summed E-state index contributed by atoms with van der Waals surface area (Å²) in [4.78, 5) is 32.7. The third kappa shape index (κ3) is 5.30. The average Bonchev–Trinajstić information content (AvgIpc) is 2.94. The van der Waals surface area contributed by atoms with Gasteiger partial charge in [-0.05, 0) is 42.0 Å². The lowest BCUT2D eigenvalue weighted by Gasteiger charge is -2.13. The maximum absolute atomic E-state index is 13.0. The van der Waals surface area contributed by atoms with Gasteiger partial charge < -0.3 is 5.32 Å². The summed E-state index contributed by atoms with van der Waals surface area (Å²) >= 11 is 0. The predicted octanol–water partition coefficient (Wildman–Crippen LogP) is 5.71. The topological polar surface area (TPSA) is 122 Å². The fraction of sp³-hybridized carbons (Fsp3) is 0. The number of para-hydroxylation sites is 2. The van der Waals surface area contributed by atoms with Gasteiger partial charge >= 0.3 is 0 Å². The number of rotatable bonds is 7. The zero-order valence-electron chi connectivity index (χ0n) is 19.4. The van der Waals surface area contributed by atoms with Gasteiger partial charge in [-0.25, -0.2) is 15.4 Å². The number of nitro groups is 1. The monoisotopic (exact) mass is 488 g/mol. The van der Waals surface area contributed by atoms with Crippen molar-refractivity contribution in [3.8, 4) is 11.4 Å². The number of nitrogens with zero attached hydrogens (tertiary/aromatic N) is 4. The zero-order chi connectivity index (χ0) is 25.6. The second kappa shape index (κ2) is 10.4. The van der Waals surface area contributed by atoms with Crippen LogP contribution in [-0.4, -0.2) is 27.0 Å². The number of hydrogen-bond acceptors (Lipinski definition) is 7. The van der Waals surface area contributed by atoms with Crippen LogP contribution in [0.15, 0.2) is 108 Å². The molecule has 0 saturated carbocycles. The molecule has 0 fully saturated rings. The number of amides is 1. The molecule has 5 rings (SSSR count). The number of carbonyl (C=O) groups is 1. The van der Waals surface area contributed by atoms with Crippen molar-refractivity contribution >= 4 is 40.2 Å². The van der Waals surface area contributed by atoms with Gasteiger partial charge in [0.25, 0.3) is 11.6 Å². The van der Waals surface area contributed by atoms with Gasteiger partial charge in [0.05, 0.1) is 27.9 Å². The summed E-state index contributed by atoms with van der Waals surface area (Å²) in [6, 6.07) is 30.2. The molecule has 9 nitrogen and oxygen atoms in total. The van der Waals surface area contributed by atoms with E-state index >= 15 is 0 Å². The van der Waals surface area contributed by atoms with Crippen molar-refractivity contribution in [2.45, 2.75) is 0 Å². The number of non-ortho nitro benzene ring substituents is 1. The highest BCUT2D eigenvalue weighted by Gasteiger charge is 2.14. The number of anilines is 2. The van der Waals surface area contributed by atoms with E-state index in [0.29, 0.717) is 28.5 Å². The molecule has 2 N–H and O–H groups in total. The van der Waals surface area contributed by atoms with E-state index in [4.69, 9.17) is 9.97 Å². The number of fused-ring (bicyclic) bond motifs is 1. The Hall–Kier alpha value is -5.44. The number of aromatic nitrogens is 2. The van der Waals surface area contributed by atoms with E-state index in [2.05, 4.69) is 15.8 Å². The van der Waals surface area contributed by atoms with Crippen molar-refractivity contribution in [3.05, 3.63) is 124 Å². The predicted molar refractivity (Wildman–Crippen MR) is 143 cm³/mol. The molecule has 0 radical (unpaired) electrons. The highest BCUT2D eigenvalue weighted by molar-refractivity contribution is 6.02. The Morgan fingerprint density at radius 2 is 1.54 bits per heavy atom. The molecule has 0 spiro atoms. The molecule has 1 aromatic heterocycles. The first-order chi connectivity index (χ1) is 18.1. The molecule has 1 heterocycles. The van der Waals surface area contributed by atoms with Crippen molar-refractivity contribution in [1.29, 1.82) is 0 Å². The number of nitrogens with one attached hydrogen (secondary N) is 2. The molecule has 0 aliphatic carbocycles. The van der Waals surface area contributed by atoms with Gasteiger partial charge in [-0.2, -0.15) is 5.10 Å². The molecule has 4 aromatic carbocycles. The van der Waals surface area contributed by atoms with Crippen LogP contribution in [0.3, 0.4) is 0 Å². The van der Waals surface area contributed by atoms with E-state index in [-0.39, 0.29) is 5.69 Å². The number of benzene rings is 4. The zero-order valence-corrected chi connectivity index (χ0v) is 19.4. The molecule has 0 aliphatic heterocycles. The van der Waals surface area contributed by atoms with Crippen LogP contribution >= 0.6 is 0 Å². The van der Waals surface area contributed by atoms with Gasteiger partial charge in [0.2, 0.25) is 0 Å². The van der Waals surface area contributed by atoms with Crippen molar-refractivity contribution in [3.63, 3.8) is 0 Å². The van der Waals surface area contributed by atoms with E-state index in [1.807, 2.05) is 60.7 Å².